The quantitative estimate of drug-likeness (QED) is 0.825. The largest absolute Gasteiger partial charge is 0.335 e. The number of hydrogen-bond acceptors (Lipinski definition) is 2. The van der Waals surface area contributed by atoms with Crippen molar-refractivity contribution in [2.45, 2.75) is 38.8 Å². The highest BCUT2D eigenvalue weighted by Crippen LogP contribution is 2.42. The number of benzene rings is 1. The highest BCUT2D eigenvalue weighted by atomic mass is 16.2. The molecule has 2 N–H and O–H groups in total. The Labute approximate surface area is 118 Å². The monoisotopic (exact) mass is 272 g/mol. The molecular formula is C16H20N2O2. The number of nitrogens with one attached hydrogen (secondary N) is 2. The molecule has 4 heteroatoms. The van der Waals surface area contributed by atoms with E-state index in [1.807, 2.05) is 30.3 Å². The van der Waals surface area contributed by atoms with Crippen molar-refractivity contribution in [3.05, 3.63) is 35.9 Å². The lowest BCUT2D eigenvalue weighted by atomic mass is 9.66. The molecule has 1 saturated carbocycles. The van der Waals surface area contributed by atoms with Crippen LogP contribution in [0.5, 0.6) is 0 Å². The number of fused-ring (bicyclic) bond motifs is 1. The molecule has 0 unspecified atom stereocenters. The SMILES string of the molecule is CC1(C)CC(=O)[C@@H]2[C@@H](C1)NC(=O)N[C@H]2c1ccccc1. The first-order valence-electron chi connectivity index (χ1n) is 7.11. The topological polar surface area (TPSA) is 58.2 Å². The molecule has 1 saturated heterocycles. The number of ketones is 1. The average Bonchev–Trinajstić information content (AvgIpc) is 2.36. The first-order valence-corrected chi connectivity index (χ1v) is 7.11. The number of hydrogen-bond donors (Lipinski definition) is 2. The Hall–Kier alpha value is -1.84. The number of urea groups is 1. The molecule has 0 radical (unpaired) electrons. The molecule has 2 amide bonds. The second kappa shape index (κ2) is 4.62. The van der Waals surface area contributed by atoms with Gasteiger partial charge in [-0.1, -0.05) is 44.2 Å². The minimum absolute atomic E-state index is 0.0376. The van der Waals surface area contributed by atoms with E-state index < -0.39 is 0 Å². The summed E-state index contributed by atoms with van der Waals surface area (Å²) in [5.74, 6) is 0.0794. The summed E-state index contributed by atoms with van der Waals surface area (Å²) in [6.07, 6.45) is 1.43. The van der Waals surface area contributed by atoms with E-state index in [-0.39, 0.29) is 35.2 Å². The van der Waals surface area contributed by atoms with Crippen molar-refractivity contribution >= 4 is 11.8 Å². The molecule has 3 atom stereocenters. The Morgan fingerprint density at radius 2 is 1.80 bits per heavy atom. The summed E-state index contributed by atoms with van der Waals surface area (Å²) in [7, 11) is 0. The van der Waals surface area contributed by atoms with Gasteiger partial charge in [-0.15, -0.1) is 0 Å². The molecule has 20 heavy (non-hydrogen) atoms. The Kier molecular flexibility index (Phi) is 3.04. The highest BCUT2D eigenvalue weighted by Gasteiger charge is 2.48. The molecule has 0 bridgehead atoms. The lowest BCUT2D eigenvalue weighted by molar-refractivity contribution is -0.130. The Morgan fingerprint density at radius 3 is 2.50 bits per heavy atom. The number of amides is 2. The third kappa shape index (κ3) is 2.30. The van der Waals surface area contributed by atoms with E-state index in [1.54, 1.807) is 0 Å². The van der Waals surface area contributed by atoms with Gasteiger partial charge in [0.05, 0.1) is 12.0 Å². The van der Waals surface area contributed by atoms with Gasteiger partial charge in [0.15, 0.2) is 0 Å². The molecule has 1 aliphatic heterocycles. The molecule has 1 heterocycles. The smallest absolute Gasteiger partial charge is 0.315 e. The number of Topliss-reactive ketones (excluding diaryl/α,β-unsaturated/α-hetero) is 1. The van der Waals surface area contributed by atoms with E-state index >= 15 is 0 Å². The first kappa shape index (κ1) is 13.2. The summed E-state index contributed by atoms with van der Waals surface area (Å²) >= 11 is 0. The molecule has 0 spiro atoms. The van der Waals surface area contributed by atoms with E-state index in [1.165, 1.54) is 0 Å². The van der Waals surface area contributed by atoms with Crippen molar-refractivity contribution in [2.24, 2.45) is 11.3 Å². The van der Waals surface area contributed by atoms with Crippen LogP contribution in [0.1, 0.15) is 38.3 Å². The predicted octanol–water partition coefficient (Wildman–Crippen LogP) is 2.41. The van der Waals surface area contributed by atoms with Crippen LogP contribution in [-0.4, -0.2) is 17.9 Å². The fourth-order valence-corrected chi connectivity index (χ4v) is 3.56. The average molecular weight is 272 g/mol. The fraction of sp³-hybridized carbons (Fsp3) is 0.500. The summed E-state index contributed by atoms with van der Waals surface area (Å²) in [6.45, 7) is 4.18. The Morgan fingerprint density at radius 1 is 1.10 bits per heavy atom. The van der Waals surface area contributed by atoms with Crippen molar-refractivity contribution in [1.29, 1.82) is 0 Å². The summed E-state index contributed by atoms with van der Waals surface area (Å²) in [5, 5.41) is 5.85. The Balaban J connectivity index is 1.95. The molecule has 3 rings (SSSR count). The Bertz CT molecular complexity index is 539. The molecule has 1 aromatic carbocycles. The molecule has 2 aliphatic rings. The maximum Gasteiger partial charge on any atom is 0.315 e. The van der Waals surface area contributed by atoms with Crippen LogP contribution in [-0.2, 0) is 4.79 Å². The fourth-order valence-electron chi connectivity index (χ4n) is 3.56. The molecule has 4 nitrogen and oxygen atoms in total. The number of carbonyl (C=O) groups is 2. The van der Waals surface area contributed by atoms with Crippen molar-refractivity contribution in [3.63, 3.8) is 0 Å². The van der Waals surface area contributed by atoms with E-state index in [0.717, 1.165) is 12.0 Å². The maximum absolute atomic E-state index is 12.5. The van der Waals surface area contributed by atoms with Gasteiger partial charge in [0.25, 0.3) is 0 Å². The van der Waals surface area contributed by atoms with Gasteiger partial charge in [-0.2, -0.15) is 0 Å². The third-order valence-electron chi connectivity index (χ3n) is 4.35. The molecule has 2 fully saturated rings. The third-order valence-corrected chi connectivity index (χ3v) is 4.35. The van der Waals surface area contributed by atoms with Crippen LogP contribution in [0.4, 0.5) is 4.79 Å². The second-order valence-corrected chi connectivity index (χ2v) is 6.65. The van der Waals surface area contributed by atoms with E-state index in [0.29, 0.717) is 6.42 Å². The van der Waals surface area contributed by atoms with Gasteiger partial charge in [-0.25, -0.2) is 4.79 Å². The van der Waals surface area contributed by atoms with Crippen LogP contribution in [0.2, 0.25) is 0 Å². The van der Waals surface area contributed by atoms with Crippen LogP contribution in [0.25, 0.3) is 0 Å². The predicted molar refractivity (Wildman–Crippen MR) is 76.2 cm³/mol. The van der Waals surface area contributed by atoms with Gasteiger partial charge >= 0.3 is 6.03 Å². The zero-order valence-corrected chi connectivity index (χ0v) is 11.8. The molecular weight excluding hydrogens is 252 g/mol. The van der Waals surface area contributed by atoms with Gasteiger partial charge in [-0.05, 0) is 17.4 Å². The van der Waals surface area contributed by atoms with E-state index in [9.17, 15) is 9.59 Å². The van der Waals surface area contributed by atoms with Gasteiger partial charge in [0.2, 0.25) is 0 Å². The second-order valence-electron chi connectivity index (χ2n) is 6.65. The van der Waals surface area contributed by atoms with E-state index in [2.05, 4.69) is 24.5 Å². The van der Waals surface area contributed by atoms with Crippen LogP contribution in [0, 0.1) is 11.3 Å². The zero-order valence-electron chi connectivity index (χ0n) is 11.8. The van der Waals surface area contributed by atoms with Crippen molar-refractivity contribution in [3.8, 4) is 0 Å². The van der Waals surface area contributed by atoms with Crippen LogP contribution in [0.3, 0.4) is 0 Å². The number of rotatable bonds is 1. The van der Waals surface area contributed by atoms with Gasteiger partial charge in [-0.3, -0.25) is 4.79 Å². The lowest BCUT2D eigenvalue weighted by Crippen LogP contribution is -2.61. The minimum Gasteiger partial charge on any atom is -0.335 e. The van der Waals surface area contributed by atoms with Crippen molar-refractivity contribution in [2.75, 3.05) is 0 Å². The molecule has 1 aliphatic carbocycles. The molecule has 0 aromatic heterocycles. The van der Waals surface area contributed by atoms with E-state index in [4.69, 9.17) is 0 Å². The normalized spacial score (nSPS) is 32.0. The molecule has 106 valence electrons. The summed E-state index contributed by atoms with van der Waals surface area (Å²) in [6, 6.07) is 9.32. The number of carbonyl (C=O) groups excluding carboxylic acids is 2. The van der Waals surface area contributed by atoms with Gasteiger partial charge < -0.3 is 10.6 Å². The summed E-state index contributed by atoms with van der Waals surface area (Å²) in [5.41, 5.74) is 0.967. The van der Waals surface area contributed by atoms with Gasteiger partial charge in [0, 0.05) is 12.5 Å². The highest BCUT2D eigenvalue weighted by molar-refractivity contribution is 5.88. The van der Waals surface area contributed by atoms with Crippen molar-refractivity contribution in [1.82, 2.24) is 10.6 Å². The maximum atomic E-state index is 12.5. The van der Waals surface area contributed by atoms with Crippen LogP contribution in [0.15, 0.2) is 30.3 Å². The summed E-state index contributed by atoms with van der Waals surface area (Å²) < 4.78 is 0. The van der Waals surface area contributed by atoms with Crippen molar-refractivity contribution < 1.29 is 9.59 Å². The zero-order chi connectivity index (χ0) is 14.3. The molecule has 1 aromatic rings. The summed E-state index contributed by atoms with van der Waals surface area (Å²) in [4.78, 5) is 24.4. The minimum atomic E-state index is -0.210. The standard InChI is InChI=1S/C16H20N2O2/c1-16(2)8-11-13(12(19)9-16)14(18-15(20)17-11)10-6-4-3-5-7-10/h3-7,11,13-14H,8-9H2,1-2H3,(H2,17,18,20)/t11-,13+,14+/m1/s1. The first-order chi connectivity index (χ1) is 9.46. The van der Waals surface area contributed by atoms with Gasteiger partial charge in [0.1, 0.15) is 5.78 Å². The van der Waals surface area contributed by atoms with Crippen LogP contribution >= 0.6 is 0 Å². The van der Waals surface area contributed by atoms with Crippen LogP contribution < -0.4 is 10.6 Å². The lowest BCUT2D eigenvalue weighted by Gasteiger charge is -2.46.